The predicted molar refractivity (Wildman–Crippen MR) is 103 cm³/mol. The van der Waals surface area contributed by atoms with Gasteiger partial charge >= 0.3 is 5.97 Å². The van der Waals surface area contributed by atoms with Crippen LogP contribution in [0.15, 0.2) is 78.0 Å². The molecule has 1 atom stereocenters. The summed E-state index contributed by atoms with van der Waals surface area (Å²) in [6.07, 6.45) is 3.28. The Kier molecular flexibility index (Phi) is 6.33. The van der Waals surface area contributed by atoms with E-state index in [0.717, 1.165) is 5.56 Å². The van der Waals surface area contributed by atoms with Crippen molar-refractivity contribution in [1.29, 1.82) is 0 Å². The molecule has 0 aliphatic carbocycles. The first-order valence-electron chi connectivity index (χ1n) is 8.49. The molecule has 1 aromatic heterocycles. The number of esters is 1. The van der Waals surface area contributed by atoms with Crippen molar-refractivity contribution in [2.24, 2.45) is 0 Å². The zero-order valence-corrected chi connectivity index (χ0v) is 15.6. The number of hydrogen-bond donors (Lipinski definition) is 0. The standard InChI is InChI=1S/C21H19NO4S/c1-2-27(24)20-12-6-4-10-18(20)21(23)25-15-16-8-3-5-11-19(16)26-17-9-7-13-22-14-17/h3-14H,2,15H2,1H3. The molecule has 0 saturated carbocycles. The van der Waals surface area contributed by atoms with Gasteiger partial charge in [-0.25, -0.2) is 4.79 Å². The molecule has 0 fully saturated rings. The molecule has 0 N–H and O–H groups in total. The van der Waals surface area contributed by atoms with Crippen molar-refractivity contribution in [3.8, 4) is 11.5 Å². The van der Waals surface area contributed by atoms with Crippen LogP contribution in [0.4, 0.5) is 0 Å². The topological polar surface area (TPSA) is 65.5 Å². The summed E-state index contributed by atoms with van der Waals surface area (Å²) in [5.74, 6) is 1.11. The smallest absolute Gasteiger partial charge is 0.339 e. The van der Waals surface area contributed by atoms with Gasteiger partial charge in [0, 0.05) is 17.5 Å². The Morgan fingerprint density at radius 3 is 2.59 bits per heavy atom. The lowest BCUT2D eigenvalue weighted by Gasteiger charge is -2.12. The van der Waals surface area contributed by atoms with Gasteiger partial charge in [0.1, 0.15) is 18.1 Å². The highest BCUT2D eigenvalue weighted by molar-refractivity contribution is 7.85. The molecule has 0 aliphatic rings. The predicted octanol–water partition coefficient (Wildman–Crippen LogP) is 4.36. The first-order valence-corrected chi connectivity index (χ1v) is 9.81. The third-order valence-electron chi connectivity index (χ3n) is 3.81. The SMILES string of the molecule is CCS(=O)c1ccccc1C(=O)OCc1ccccc1Oc1cccnc1. The molecule has 5 nitrogen and oxygen atoms in total. The van der Waals surface area contributed by atoms with E-state index in [1.165, 1.54) is 0 Å². The van der Waals surface area contributed by atoms with Gasteiger partial charge in [0.25, 0.3) is 0 Å². The van der Waals surface area contributed by atoms with Gasteiger partial charge in [-0.15, -0.1) is 0 Å². The summed E-state index contributed by atoms with van der Waals surface area (Å²) in [7, 11) is -1.23. The van der Waals surface area contributed by atoms with Gasteiger partial charge < -0.3 is 9.47 Å². The summed E-state index contributed by atoms with van der Waals surface area (Å²) in [6, 6.07) is 17.7. The zero-order valence-electron chi connectivity index (χ0n) is 14.8. The lowest BCUT2D eigenvalue weighted by atomic mass is 10.2. The molecule has 3 rings (SSSR count). The molecule has 138 valence electrons. The summed E-state index contributed by atoms with van der Waals surface area (Å²) >= 11 is 0. The van der Waals surface area contributed by atoms with Crippen LogP contribution in [-0.2, 0) is 22.1 Å². The second-order valence-corrected chi connectivity index (χ2v) is 7.31. The quantitative estimate of drug-likeness (QED) is 0.569. The van der Waals surface area contributed by atoms with E-state index < -0.39 is 16.8 Å². The first kappa shape index (κ1) is 18.8. The van der Waals surface area contributed by atoms with Crippen molar-refractivity contribution in [2.75, 3.05) is 5.75 Å². The molecule has 6 heteroatoms. The molecule has 0 spiro atoms. The summed E-state index contributed by atoms with van der Waals surface area (Å²) in [5.41, 5.74) is 1.05. The van der Waals surface area contributed by atoms with E-state index in [1.54, 1.807) is 54.9 Å². The Labute approximate surface area is 160 Å². The highest BCUT2D eigenvalue weighted by atomic mass is 32.2. The number of nitrogens with zero attached hydrogens (tertiary/aromatic N) is 1. The Balaban J connectivity index is 1.74. The average Bonchev–Trinajstić information content (AvgIpc) is 2.73. The number of para-hydroxylation sites is 1. The molecule has 0 radical (unpaired) electrons. The number of carbonyl (C=O) groups excluding carboxylic acids is 1. The largest absolute Gasteiger partial charge is 0.457 e. The average molecular weight is 381 g/mol. The van der Waals surface area contributed by atoms with Crippen LogP contribution in [0, 0.1) is 0 Å². The van der Waals surface area contributed by atoms with Crippen molar-refractivity contribution in [3.63, 3.8) is 0 Å². The molecule has 0 amide bonds. The van der Waals surface area contributed by atoms with E-state index in [4.69, 9.17) is 9.47 Å². The third-order valence-corrected chi connectivity index (χ3v) is 5.18. The maximum atomic E-state index is 12.5. The van der Waals surface area contributed by atoms with Crippen LogP contribution in [0.3, 0.4) is 0 Å². The minimum Gasteiger partial charge on any atom is -0.457 e. The molecule has 0 saturated heterocycles. The van der Waals surface area contributed by atoms with Gasteiger partial charge in [0.15, 0.2) is 0 Å². The lowest BCUT2D eigenvalue weighted by Crippen LogP contribution is -2.10. The summed E-state index contributed by atoms with van der Waals surface area (Å²) in [6.45, 7) is 1.85. The van der Waals surface area contributed by atoms with Crippen LogP contribution in [0.1, 0.15) is 22.8 Å². The number of aromatic nitrogens is 1. The van der Waals surface area contributed by atoms with Crippen molar-refractivity contribution in [1.82, 2.24) is 4.98 Å². The number of pyridine rings is 1. The maximum absolute atomic E-state index is 12.5. The van der Waals surface area contributed by atoms with Crippen LogP contribution in [-0.4, -0.2) is 20.9 Å². The number of ether oxygens (including phenoxy) is 2. The monoisotopic (exact) mass is 381 g/mol. The van der Waals surface area contributed by atoms with Crippen molar-refractivity contribution in [2.45, 2.75) is 18.4 Å². The summed E-state index contributed by atoms with van der Waals surface area (Å²) in [4.78, 5) is 17.0. The second-order valence-electron chi connectivity index (χ2n) is 5.61. The van der Waals surface area contributed by atoms with E-state index in [0.29, 0.717) is 27.7 Å². The molecular formula is C21H19NO4S. The Morgan fingerprint density at radius 2 is 1.81 bits per heavy atom. The van der Waals surface area contributed by atoms with Crippen LogP contribution in [0.25, 0.3) is 0 Å². The van der Waals surface area contributed by atoms with Gasteiger partial charge in [0.05, 0.1) is 27.5 Å². The fourth-order valence-electron chi connectivity index (χ4n) is 2.47. The van der Waals surface area contributed by atoms with Gasteiger partial charge in [-0.1, -0.05) is 37.3 Å². The molecule has 27 heavy (non-hydrogen) atoms. The van der Waals surface area contributed by atoms with Crippen LogP contribution in [0.5, 0.6) is 11.5 Å². The van der Waals surface area contributed by atoms with Gasteiger partial charge in [0.2, 0.25) is 0 Å². The maximum Gasteiger partial charge on any atom is 0.339 e. The Bertz CT molecular complexity index is 944. The molecule has 1 unspecified atom stereocenters. The second kappa shape index (κ2) is 9.09. The molecule has 1 heterocycles. The minimum atomic E-state index is -1.23. The van der Waals surface area contributed by atoms with Gasteiger partial charge in [-0.3, -0.25) is 9.19 Å². The zero-order chi connectivity index (χ0) is 19.1. The third kappa shape index (κ3) is 4.80. The van der Waals surface area contributed by atoms with Crippen LogP contribution >= 0.6 is 0 Å². The Hall–Kier alpha value is -2.99. The van der Waals surface area contributed by atoms with E-state index in [1.807, 2.05) is 25.1 Å². The van der Waals surface area contributed by atoms with Gasteiger partial charge in [-0.05, 0) is 30.3 Å². The van der Waals surface area contributed by atoms with Crippen LogP contribution in [0.2, 0.25) is 0 Å². The van der Waals surface area contributed by atoms with Crippen molar-refractivity contribution >= 4 is 16.8 Å². The molecule has 0 bridgehead atoms. The number of benzene rings is 2. The number of rotatable bonds is 7. The molecule has 3 aromatic rings. The van der Waals surface area contributed by atoms with Gasteiger partial charge in [-0.2, -0.15) is 0 Å². The summed E-state index contributed by atoms with van der Waals surface area (Å²) < 4.78 is 23.4. The lowest BCUT2D eigenvalue weighted by molar-refractivity contribution is 0.0466. The molecule has 2 aromatic carbocycles. The van der Waals surface area contributed by atoms with Crippen molar-refractivity contribution in [3.05, 3.63) is 84.2 Å². The van der Waals surface area contributed by atoms with E-state index in [-0.39, 0.29) is 6.61 Å². The highest BCUT2D eigenvalue weighted by Gasteiger charge is 2.16. The van der Waals surface area contributed by atoms with Crippen molar-refractivity contribution < 1.29 is 18.5 Å². The molecular weight excluding hydrogens is 362 g/mol. The normalized spacial score (nSPS) is 11.6. The fraction of sp³-hybridized carbons (Fsp3) is 0.143. The van der Waals surface area contributed by atoms with E-state index >= 15 is 0 Å². The highest BCUT2D eigenvalue weighted by Crippen LogP contribution is 2.25. The Morgan fingerprint density at radius 1 is 1.04 bits per heavy atom. The first-order chi connectivity index (χ1) is 13.2. The minimum absolute atomic E-state index is 0.0440. The summed E-state index contributed by atoms with van der Waals surface area (Å²) in [5, 5.41) is 0. The fourth-order valence-corrected chi connectivity index (χ4v) is 3.41. The van der Waals surface area contributed by atoms with E-state index in [2.05, 4.69) is 4.98 Å². The molecule has 0 aliphatic heterocycles. The number of carbonyl (C=O) groups is 1. The number of hydrogen-bond acceptors (Lipinski definition) is 5. The van der Waals surface area contributed by atoms with Crippen LogP contribution < -0.4 is 4.74 Å². The van der Waals surface area contributed by atoms with E-state index in [9.17, 15) is 9.00 Å².